The molecule has 1 spiro atoms. The number of carbonyl (C=O) groups excluding carboxylic acids is 3. The highest BCUT2D eigenvalue weighted by atomic mass is 16.5. The van der Waals surface area contributed by atoms with Crippen LogP contribution in [0.4, 0.5) is 0 Å². The van der Waals surface area contributed by atoms with Gasteiger partial charge in [-0.25, -0.2) is 0 Å². The second kappa shape index (κ2) is 13.2. The molecule has 10 heteroatoms. The number of likely N-dealkylation sites (tertiary alicyclic amines) is 1. The Morgan fingerprint density at radius 3 is 2.59 bits per heavy atom. The van der Waals surface area contributed by atoms with Crippen molar-refractivity contribution in [2.75, 3.05) is 26.3 Å². The number of amides is 3. The van der Waals surface area contributed by atoms with Crippen LogP contribution in [0, 0.1) is 11.3 Å². The van der Waals surface area contributed by atoms with E-state index in [0.717, 1.165) is 5.56 Å². The second-order valence-electron chi connectivity index (χ2n) is 11.0. The minimum Gasteiger partial charge on any atom is -0.481 e. The lowest BCUT2D eigenvalue weighted by Gasteiger charge is -2.41. The van der Waals surface area contributed by atoms with Gasteiger partial charge in [0.05, 0.1) is 11.5 Å². The summed E-state index contributed by atoms with van der Waals surface area (Å²) < 4.78 is 5.55. The smallest absolute Gasteiger partial charge is 0.303 e. The van der Waals surface area contributed by atoms with Crippen molar-refractivity contribution in [3.05, 3.63) is 48.0 Å². The second-order valence-corrected chi connectivity index (χ2v) is 11.0. The van der Waals surface area contributed by atoms with E-state index in [0.29, 0.717) is 64.8 Å². The number of hydrogen-bond acceptors (Lipinski definition) is 6. The van der Waals surface area contributed by atoms with Crippen molar-refractivity contribution in [3.8, 4) is 0 Å². The lowest BCUT2D eigenvalue weighted by molar-refractivity contribution is -0.140. The van der Waals surface area contributed by atoms with Crippen LogP contribution in [0.15, 0.2) is 42.5 Å². The first-order valence-electron chi connectivity index (χ1n) is 13.9. The van der Waals surface area contributed by atoms with E-state index in [4.69, 9.17) is 15.6 Å². The number of aliphatic carboxylic acids is 1. The van der Waals surface area contributed by atoms with Crippen LogP contribution >= 0.6 is 0 Å². The van der Waals surface area contributed by atoms with Crippen LogP contribution in [-0.4, -0.2) is 78.1 Å². The topological polar surface area (TPSA) is 151 Å². The van der Waals surface area contributed by atoms with Crippen LogP contribution in [0.1, 0.15) is 50.5 Å². The quantitative estimate of drug-likeness (QED) is 0.398. The van der Waals surface area contributed by atoms with E-state index in [1.54, 1.807) is 4.90 Å². The van der Waals surface area contributed by atoms with Gasteiger partial charge in [0, 0.05) is 51.1 Å². The molecule has 1 aromatic rings. The Bertz CT molecular complexity index is 1060. The Morgan fingerprint density at radius 2 is 1.87 bits per heavy atom. The number of hydrogen-bond donors (Lipinski definition) is 4. The van der Waals surface area contributed by atoms with Crippen molar-refractivity contribution in [2.45, 2.75) is 69.5 Å². The molecule has 0 bridgehead atoms. The first-order chi connectivity index (χ1) is 18.8. The monoisotopic (exact) mass is 540 g/mol. The molecule has 10 nitrogen and oxygen atoms in total. The number of carboxylic acid groups (broad SMARTS) is 1. The van der Waals surface area contributed by atoms with Crippen molar-refractivity contribution < 1.29 is 29.0 Å². The lowest BCUT2D eigenvalue weighted by Crippen LogP contribution is -2.59. The highest BCUT2D eigenvalue weighted by Gasteiger charge is 2.42. The van der Waals surface area contributed by atoms with Gasteiger partial charge in [-0.3, -0.25) is 19.2 Å². The molecule has 1 aromatic carbocycles. The molecule has 3 aliphatic heterocycles. The number of nitrogens with two attached hydrogens (primary N) is 1. The number of benzene rings is 1. The highest BCUT2D eigenvalue weighted by Crippen LogP contribution is 2.36. The van der Waals surface area contributed by atoms with Crippen LogP contribution in [0.2, 0.25) is 0 Å². The fraction of sp³-hybridized carbons (Fsp3) is 0.586. The third kappa shape index (κ3) is 7.45. The average molecular weight is 541 g/mol. The van der Waals surface area contributed by atoms with Gasteiger partial charge in [0.1, 0.15) is 6.04 Å². The largest absolute Gasteiger partial charge is 0.481 e. The molecule has 5 N–H and O–H groups in total. The van der Waals surface area contributed by atoms with Gasteiger partial charge in [-0.1, -0.05) is 42.5 Å². The molecule has 3 heterocycles. The molecule has 3 amide bonds. The number of nitrogens with one attached hydrogen (secondary N) is 2. The molecule has 0 aromatic heterocycles. The number of piperidine rings is 1. The molecule has 4 atom stereocenters. The SMILES string of the molecule is N[C@@H](CCC(=O)O)C(=O)N1CC[C@H]2NC(=O)[C@H](Cc3ccccc3)NC(=O)C3(C/C=C/C[C@@H]2C1)CCOCC3. The number of ether oxygens (including phenoxy) is 1. The van der Waals surface area contributed by atoms with Crippen LogP contribution < -0.4 is 16.4 Å². The van der Waals surface area contributed by atoms with Crippen molar-refractivity contribution in [3.63, 3.8) is 0 Å². The van der Waals surface area contributed by atoms with E-state index in [9.17, 15) is 19.2 Å². The molecule has 2 fully saturated rings. The lowest BCUT2D eigenvalue weighted by atomic mass is 9.75. The fourth-order valence-corrected chi connectivity index (χ4v) is 5.82. The van der Waals surface area contributed by atoms with Gasteiger partial charge < -0.3 is 31.1 Å². The molecule has 212 valence electrons. The molecule has 0 aliphatic carbocycles. The Balaban J connectivity index is 1.54. The molecular formula is C29H40N4O6. The first-order valence-corrected chi connectivity index (χ1v) is 13.9. The van der Waals surface area contributed by atoms with Gasteiger partial charge in [-0.2, -0.15) is 0 Å². The zero-order chi connectivity index (χ0) is 27.8. The minimum atomic E-state index is -0.983. The number of fused-ring (bicyclic) bond motifs is 1. The van der Waals surface area contributed by atoms with Crippen LogP contribution in [0.25, 0.3) is 0 Å². The van der Waals surface area contributed by atoms with Gasteiger partial charge in [0.15, 0.2) is 0 Å². The summed E-state index contributed by atoms with van der Waals surface area (Å²) >= 11 is 0. The van der Waals surface area contributed by atoms with E-state index in [2.05, 4.69) is 22.8 Å². The summed E-state index contributed by atoms with van der Waals surface area (Å²) in [5, 5.41) is 15.2. The normalized spacial score (nSPS) is 27.2. The Morgan fingerprint density at radius 1 is 1.13 bits per heavy atom. The predicted molar refractivity (Wildman–Crippen MR) is 144 cm³/mol. The van der Waals surface area contributed by atoms with Gasteiger partial charge in [0.25, 0.3) is 0 Å². The maximum Gasteiger partial charge on any atom is 0.303 e. The van der Waals surface area contributed by atoms with Gasteiger partial charge in [0.2, 0.25) is 17.7 Å². The zero-order valence-electron chi connectivity index (χ0n) is 22.3. The third-order valence-corrected chi connectivity index (χ3v) is 8.31. The summed E-state index contributed by atoms with van der Waals surface area (Å²) in [5.74, 6) is -1.62. The van der Waals surface area contributed by atoms with E-state index < -0.39 is 23.5 Å². The highest BCUT2D eigenvalue weighted by molar-refractivity contribution is 5.90. The summed E-state index contributed by atoms with van der Waals surface area (Å²) in [5.41, 5.74) is 6.35. The number of nitrogens with zero attached hydrogens (tertiary/aromatic N) is 1. The van der Waals surface area contributed by atoms with Crippen molar-refractivity contribution in [1.82, 2.24) is 15.5 Å². The first kappa shape index (κ1) is 28.8. The Kier molecular flexibility index (Phi) is 9.74. The Labute approximate surface area is 229 Å². The molecule has 2 saturated heterocycles. The predicted octanol–water partition coefficient (Wildman–Crippen LogP) is 1.39. The van der Waals surface area contributed by atoms with Gasteiger partial charge in [-0.15, -0.1) is 0 Å². The van der Waals surface area contributed by atoms with Crippen molar-refractivity contribution >= 4 is 23.7 Å². The molecule has 39 heavy (non-hydrogen) atoms. The molecule has 3 aliphatic rings. The minimum absolute atomic E-state index is 0.0345. The van der Waals surface area contributed by atoms with Crippen molar-refractivity contribution in [2.24, 2.45) is 17.1 Å². The summed E-state index contributed by atoms with van der Waals surface area (Å²) in [4.78, 5) is 52.9. The molecular weight excluding hydrogens is 500 g/mol. The van der Waals surface area contributed by atoms with E-state index in [1.165, 1.54) is 0 Å². The Hall–Kier alpha value is -3.24. The zero-order valence-corrected chi connectivity index (χ0v) is 22.3. The maximum absolute atomic E-state index is 13.7. The van der Waals surface area contributed by atoms with Crippen LogP contribution in [-0.2, 0) is 30.3 Å². The van der Waals surface area contributed by atoms with Gasteiger partial charge in [-0.05, 0) is 44.1 Å². The number of rotatable bonds is 6. The summed E-state index contributed by atoms with van der Waals surface area (Å²) in [7, 11) is 0. The number of allylic oxidation sites excluding steroid dienone is 2. The average Bonchev–Trinajstić information content (AvgIpc) is 2.94. The summed E-state index contributed by atoms with van der Waals surface area (Å²) in [6.07, 6.45) is 7.33. The summed E-state index contributed by atoms with van der Waals surface area (Å²) in [6, 6.07) is 7.87. The third-order valence-electron chi connectivity index (χ3n) is 8.31. The van der Waals surface area contributed by atoms with Crippen molar-refractivity contribution in [1.29, 1.82) is 0 Å². The maximum atomic E-state index is 13.7. The van der Waals surface area contributed by atoms with Crippen LogP contribution in [0.5, 0.6) is 0 Å². The van der Waals surface area contributed by atoms with E-state index in [-0.39, 0.29) is 42.5 Å². The van der Waals surface area contributed by atoms with E-state index in [1.807, 2.05) is 30.3 Å². The van der Waals surface area contributed by atoms with Gasteiger partial charge >= 0.3 is 5.97 Å². The fourth-order valence-electron chi connectivity index (χ4n) is 5.82. The van der Waals surface area contributed by atoms with Crippen LogP contribution in [0.3, 0.4) is 0 Å². The molecule has 0 saturated carbocycles. The molecule has 0 radical (unpaired) electrons. The standard InChI is InChI=1S/C29H40N4O6/c30-22(9-10-25(34)35)27(37)33-15-11-23-21(19-33)8-4-5-12-29(13-16-39-17-14-29)28(38)32-24(26(36)31-23)18-20-6-2-1-3-7-20/h1-7,21-24H,8-19,30H2,(H,31,36)(H,32,38)(H,34,35)/b5-4+/t21-,22+,23-,24+/m1/s1. The summed E-state index contributed by atoms with van der Waals surface area (Å²) in [6.45, 7) is 1.84. The van der Waals surface area contributed by atoms with E-state index >= 15 is 0 Å². The number of carbonyl (C=O) groups is 4. The molecule has 0 unspecified atom stereocenters. The number of carboxylic acids is 1. The molecule has 4 rings (SSSR count).